The van der Waals surface area contributed by atoms with Gasteiger partial charge in [0.05, 0.1) is 5.56 Å². The summed E-state index contributed by atoms with van der Waals surface area (Å²) in [6.45, 7) is 1.39. The highest BCUT2D eigenvalue weighted by molar-refractivity contribution is 7.89. The van der Waals surface area contributed by atoms with Crippen LogP contribution in [0.1, 0.15) is 11.3 Å². The van der Waals surface area contributed by atoms with Crippen LogP contribution in [0, 0.1) is 12.7 Å². The number of aryl methyl sites for hydroxylation is 1. The second-order valence-electron chi connectivity index (χ2n) is 5.43. The van der Waals surface area contributed by atoms with E-state index < -0.39 is 27.3 Å². The molecule has 25 heavy (non-hydrogen) atoms. The molecule has 3 rings (SSSR count). The molecule has 3 N–H and O–H groups in total. The van der Waals surface area contributed by atoms with Crippen molar-refractivity contribution >= 4 is 10.0 Å². The lowest BCUT2D eigenvalue weighted by atomic mass is 9.99. The fraction of sp³-hybridized carbons (Fsp3) is 0.125. The second-order valence-corrected chi connectivity index (χ2v) is 6.96. The van der Waals surface area contributed by atoms with Crippen molar-refractivity contribution in [2.45, 2.75) is 18.4 Å². The molecule has 130 valence electrons. The summed E-state index contributed by atoms with van der Waals surface area (Å²) in [6.07, 6.45) is 3.22. The van der Waals surface area contributed by atoms with Crippen LogP contribution in [0.5, 0.6) is 0 Å². The summed E-state index contributed by atoms with van der Waals surface area (Å²) in [5.74, 6) is -0.877. The van der Waals surface area contributed by atoms with Crippen LogP contribution in [-0.2, 0) is 16.6 Å². The van der Waals surface area contributed by atoms with Crippen LogP contribution in [0.15, 0.2) is 46.1 Å². The van der Waals surface area contributed by atoms with Gasteiger partial charge in [-0.2, -0.15) is 0 Å². The topological polar surface area (TPSA) is 119 Å². The normalized spacial score (nSPS) is 11.7. The predicted octanol–water partition coefficient (Wildman–Crippen LogP) is 1.99. The SMILES string of the molecule is Cc1cncc(-c2noc(CO)c2-c2ccc(S(N)(=O)=O)c(F)c2)c1. The Morgan fingerprint density at radius 3 is 2.60 bits per heavy atom. The second kappa shape index (κ2) is 6.36. The van der Waals surface area contributed by atoms with E-state index in [1.807, 2.05) is 13.0 Å². The minimum absolute atomic E-state index is 0.124. The van der Waals surface area contributed by atoms with Crippen molar-refractivity contribution in [3.8, 4) is 22.4 Å². The number of primary sulfonamides is 1. The molecule has 0 radical (unpaired) electrons. The fourth-order valence-electron chi connectivity index (χ4n) is 2.50. The first-order chi connectivity index (χ1) is 11.8. The molecule has 0 aliphatic carbocycles. The smallest absolute Gasteiger partial charge is 0.240 e. The van der Waals surface area contributed by atoms with Gasteiger partial charge < -0.3 is 9.63 Å². The Morgan fingerprint density at radius 2 is 2.00 bits per heavy atom. The van der Waals surface area contributed by atoms with Gasteiger partial charge in [-0.1, -0.05) is 11.2 Å². The van der Waals surface area contributed by atoms with Crippen LogP contribution in [0.2, 0.25) is 0 Å². The summed E-state index contributed by atoms with van der Waals surface area (Å²) in [4.78, 5) is 3.47. The van der Waals surface area contributed by atoms with E-state index >= 15 is 0 Å². The van der Waals surface area contributed by atoms with Gasteiger partial charge in [-0.15, -0.1) is 0 Å². The predicted molar refractivity (Wildman–Crippen MR) is 87.2 cm³/mol. The molecule has 0 aliphatic rings. The van der Waals surface area contributed by atoms with Crippen LogP contribution in [0.4, 0.5) is 4.39 Å². The molecule has 0 atom stereocenters. The van der Waals surface area contributed by atoms with E-state index in [2.05, 4.69) is 10.1 Å². The monoisotopic (exact) mass is 363 g/mol. The van der Waals surface area contributed by atoms with Gasteiger partial charge in [0.2, 0.25) is 10.0 Å². The first-order valence-corrected chi connectivity index (χ1v) is 8.70. The van der Waals surface area contributed by atoms with Crippen LogP contribution in [0.3, 0.4) is 0 Å². The number of aromatic nitrogens is 2. The minimum atomic E-state index is -4.18. The highest BCUT2D eigenvalue weighted by Crippen LogP contribution is 2.35. The maximum atomic E-state index is 14.2. The Labute approximate surface area is 143 Å². The van der Waals surface area contributed by atoms with Gasteiger partial charge in [0.15, 0.2) is 5.76 Å². The Morgan fingerprint density at radius 1 is 1.24 bits per heavy atom. The number of rotatable bonds is 4. The molecular formula is C16H14FN3O4S. The van der Waals surface area contributed by atoms with Crippen molar-refractivity contribution < 1.29 is 22.4 Å². The van der Waals surface area contributed by atoms with Gasteiger partial charge in [0.25, 0.3) is 0 Å². The third-order valence-corrected chi connectivity index (χ3v) is 4.53. The van der Waals surface area contributed by atoms with Crippen molar-refractivity contribution in [2.24, 2.45) is 5.14 Å². The molecule has 0 fully saturated rings. The molecule has 0 amide bonds. The molecular weight excluding hydrogens is 349 g/mol. The molecule has 0 aliphatic heterocycles. The summed E-state index contributed by atoms with van der Waals surface area (Å²) in [5, 5.41) is 18.4. The van der Waals surface area contributed by atoms with Crippen molar-refractivity contribution in [1.29, 1.82) is 0 Å². The zero-order chi connectivity index (χ0) is 18.2. The Hall–Kier alpha value is -2.62. The molecule has 1 aromatic carbocycles. The molecule has 0 unspecified atom stereocenters. The van der Waals surface area contributed by atoms with Gasteiger partial charge >= 0.3 is 0 Å². The average Bonchev–Trinajstić information content (AvgIpc) is 2.97. The Kier molecular flexibility index (Phi) is 4.38. The average molecular weight is 363 g/mol. The molecule has 0 saturated heterocycles. The lowest BCUT2D eigenvalue weighted by Crippen LogP contribution is -2.14. The molecule has 0 spiro atoms. The van der Waals surface area contributed by atoms with Crippen molar-refractivity contribution in [2.75, 3.05) is 0 Å². The molecule has 7 nitrogen and oxygen atoms in total. The quantitative estimate of drug-likeness (QED) is 0.731. The molecule has 9 heteroatoms. The number of nitrogens with two attached hydrogens (primary N) is 1. The largest absolute Gasteiger partial charge is 0.388 e. The van der Waals surface area contributed by atoms with E-state index in [9.17, 15) is 17.9 Å². The number of hydrogen-bond donors (Lipinski definition) is 2. The van der Waals surface area contributed by atoms with Gasteiger partial charge in [-0.25, -0.2) is 17.9 Å². The van der Waals surface area contributed by atoms with Gasteiger partial charge in [0.1, 0.15) is 23.0 Å². The highest BCUT2D eigenvalue weighted by Gasteiger charge is 2.22. The fourth-order valence-corrected chi connectivity index (χ4v) is 3.09. The number of halogens is 1. The Balaban J connectivity index is 2.21. The van der Waals surface area contributed by atoms with Crippen molar-refractivity contribution in [3.05, 3.63) is 53.8 Å². The number of nitrogens with zero attached hydrogens (tertiary/aromatic N) is 2. The van der Waals surface area contributed by atoms with Crippen LogP contribution >= 0.6 is 0 Å². The van der Waals surface area contributed by atoms with E-state index in [0.29, 0.717) is 22.4 Å². The number of hydrogen-bond acceptors (Lipinski definition) is 6. The summed E-state index contributed by atoms with van der Waals surface area (Å²) in [7, 11) is -4.18. The van der Waals surface area contributed by atoms with Crippen LogP contribution in [0.25, 0.3) is 22.4 Å². The molecule has 2 heterocycles. The maximum Gasteiger partial charge on any atom is 0.240 e. The molecule has 2 aromatic heterocycles. The van der Waals surface area contributed by atoms with Gasteiger partial charge in [0, 0.05) is 18.0 Å². The van der Waals surface area contributed by atoms with Crippen molar-refractivity contribution in [3.63, 3.8) is 0 Å². The standard InChI is InChI=1S/C16H14FN3O4S/c1-9-4-11(7-19-6-9)16-15(13(8-21)24-20-16)10-2-3-14(12(17)5-10)25(18,22)23/h2-7,21H,8H2,1H3,(H2,18,22,23). The van der Waals surface area contributed by atoms with E-state index in [4.69, 9.17) is 9.66 Å². The number of benzene rings is 1. The third kappa shape index (κ3) is 3.29. The summed E-state index contributed by atoms with van der Waals surface area (Å²) < 4.78 is 42.0. The first kappa shape index (κ1) is 17.2. The summed E-state index contributed by atoms with van der Waals surface area (Å²) >= 11 is 0. The number of sulfonamides is 1. The van der Waals surface area contributed by atoms with Crippen LogP contribution in [-0.4, -0.2) is 23.7 Å². The van der Waals surface area contributed by atoms with E-state index in [0.717, 1.165) is 17.7 Å². The number of aliphatic hydroxyl groups excluding tert-OH is 1. The maximum absolute atomic E-state index is 14.2. The minimum Gasteiger partial charge on any atom is -0.388 e. The summed E-state index contributed by atoms with van der Waals surface area (Å²) in [6, 6.07) is 5.26. The van der Waals surface area contributed by atoms with Crippen LogP contribution < -0.4 is 5.14 Å². The zero-order valence-electron chi connectivity index (χ0n) is 13.1. The Bertz CT molecular complexity index is 1050. The lowest BCUT2D eigenvalue weighted by molar-refractivity contribution is 0.230. The lowest BCUT2D eigenvalue weighted by Gasteiger charge is -2.07. The van der Waals surface area contributed by atoms with Crippen molar-refractivity contribution in [1.82, 2.24) is 10.1 Å². The molecule has 3 aromatic rings. The van der Waals surface area contributed by atoms with E-state index in [1.54, 1.807) is 12.4 Å². The number of pyridine rings is 1. The summed E-state index contributed by atoms with van der Waals surface area (Å²) in [5.41, 5.74) is 2.52. The van der Waals surface area contributed by atoms with Gasteiger partial charge in [-0.05, 0) is 36.2 Å². The van der Waals surface area contributed by atoms with Gasteiger partial charge in [-0.3, -0.25) is 4.98 Å². The third-order valence-electron chi connectivity index (χ3n) is 3.58. The highest BCUT2D eigenvalue weighted by atomic mass is 32.2. The van der Waals surface area contributed by atoms with E-state index in [-0.39, 0.29) is 5.76 Å². The number of aliphatic hydroxyl groups is 1. The van der Waals surface area contributed by atoms with E-state index in [1.165, 1.54) is 6.07 Å². The zero-order valence-corrected chi connectivity index (χ0v) is 13.9. The molecule has 0 bridgehead atoms. The first-order valence-electron chi connectivity index (χ1n) is 7.15. The molecule has 0 saturated carbocycles.